The number of amides is 1. The van der Waals surface area contributed by atoms with E-state index >= 15 is 0 Å². The lowest BCUT2D eigenvalue weighted by atomic mass is 10.1. The summed E-state index contributed by atoms with van der Waals surface area (Å²) >= 11 is 0. The van der Waals surface area contributed by atoms with Gasteiger partial charge in [-0.2, -0.15) is 5.10 Å². The molecule has 0 saturated heterocycles. The van der Waals surface area contributed by atoms with Gasteiger partial charge in [-0.05, 0) is 31.0 Å². The molecule has 0 atom stereocenters. The number of H-pyrrole nitrogens is 1. The lowest BCUT2D eigenvalue weighted by molar-refractivity contribution is 0.0934. The molecule has 0 spiro atoms. The largest absolute Gasteiger partial charge is 0.349 e. The number of nitrogens with zero attached hydrogens (tertiary/aromatic N) is 5. The molecule has 1 amide bonds. The third-order valence-corrected chi connectivity index (χ3v) is 4.66. The van der Waals surface area contributed by atoms with Crippen molar-refractivity contribution in [3.63, 3.8) is 0 Å². The van der Waals surface area contributed by atoms with E-state index in [4.69, 9.17) is 5.84 Å². The Morgan fingerprint density at radius 2 is 2.15 bits per heavy atom. The fourth-order valence-electron chi connectivity index (χ4n) is 3.06. The number of pyridine rings is 2. The van der Waals surface area contributed by atoms with Crippen molar-refractivity contribution in [3.05, 3.63) is 36.2 Å². The fraction of sp³-hybridized carbons (Fsp3) is 0.278. The summed E-state index contributed by atoms with van der Waals surface area (Å²) in [6.45, 7) is 4.09. The number of carbonyl (C=O) groups is 1. The third-order valence-electron chi connectivity index (χ3n) is 4.66. The lowest BCUT2D eigenvalue weighted by Crippen LogP contribution is -2.33. The number of hydrogen-bond acceptors (Lipinski definition) is 6. The number of fused-ring (bicyclic) bond motifs is 2. The first-order chi connectivity index (χ1) is 13.1. The van der Waals surface area contributed by atoms with Crippen molar-refractivity contribution in [1.82, 2.24) is 35.1 Å². The van der Waals surface area contributed by atoms with Gasteiger partial charge in [-0.15, -0.1) is 0 Å². The average Bonchev–Trinajstić information content (AvgIpc) is 3.26. The Balaban J connectivity index is 1.78. The number of imidazole rings is 1. The highest BCUT2D eigenvalue weighted by Gasteiger charge is 2.19. The first-order valence-electron chi connectivity index (χ1n) is 8.86. The number of hydrogen-bond donors (Lipinski definition) is 3. The van der Waals surface area contributed by atoms with Crippen LogP contribution in [0.3, 0.4) is 0 Å². The molecule has 0 aliphatic heterocycles. The maximum absolute atomic E-state index is 12.6. The van der Waals surface area contributed by atoms with Crippen molar-refractivity contribution < 1.29 is 4.79 Å². The molecule has 9 nitrogen and oxygen atoms in total. The second-order valence-electron chi connectivity index (χ2n) is 6.33. The van der Waals surface area contributed by atoms with E-state index in [1.54, 1.807) is 18.3 Å². The zero-order valence-electron chi connectivity index (χ0n) is 15.1. The fourth-order valence-corrected chi connectivity index (χ4v) is 3.06. The average molecular weight is 364 g/mol. The predicted molar refractivity (Wildman–Crippen MR) is 102 cm³/mol. The minimum atomic E-state index is -0.159. The van der Waals surface area contributed by atoms with Gasteiger partial charge in [0.25, 0.3) is 5.91 Å². The van der Waals surface area contributed by atoms with E-state index in [1.165, 1.54) is 10.9 Å². The lowest BCUT2D eigenvalue weighted by Gasteiger charge is -2.14. The van der Waals surface area contributed by atoms with Crippen molar-refractivity contribution in [2.24, 2.45) is 0 Å². The number of aromatic amines is 1. The molecule has 4 rings (SSSR count). The van der Waals surface area contributed by atoms with Gasteiger partial charge < -0.3 is 11.2 Å². The molecule has 0 fully saturated rings. The zero-order chi connectivity index (χ0) is 19.0. The molecule has 0 saturated carbocycles. The molecule has 4 heterocycles. The van der Waals surface area contributed by atoms with Crippen LogP contribution in [0.15, 0.2) is 30.6 Å². The van der Waals surface area contributed by atoms with Gasteiger partial charge in [-0.3, -0.25) is 9.89 Å². The summed E-state index contributed by atoms with van der Waals surface area (Å²) in [5.74, 6) is 6.45. The molecule has 0 radical (unpaired) electrons. The van der Waals surface area contributed by atoms with Crippen LogP contribution in [0.5, 0.6) is 0 Å². The molecule has 0 aliphatic rings. The number of carbonyl (C=O) groups excluding carboxylic acids is 1. The number of nitrogens with one attached hydrogen (secondary N) is 2. The molecule has 0 unspecified atom stereocenters. The number of nitrogens with two attached hydrogens (primary N) is 1. The van der Waals surface area contributed by atoms with Gasteiger partial charge in [-0.25, -0.2) is 19.6 Å². The van der Waals surface area contributed by atoms with Crippen LogP contribution in [-0.2, 0) is 0 Å². The Hall–Kier alpha value is -3.49. The van der Waals surface area contributed by atoms with Gasteiger partial charge >= 0.3 is 0 Å². The van der Waals surface area contributed by atoms with Gasteiger partial charge in [0.15, 0.2) is 17.1 Å². The maximum atomic E-state index is 12.6. The molecule has 138 valence electrons. The van der Waals surface area contributed by atoms with Crippen LogP contribution in [0.4, 0.5) is 0 Å². The van der Waals surface area contributed by atoms with Crippen LogP contribution in [0, 0.1) is 0 Å². The second kappa shape index (κ2) is 6.67. The van der Waals surface area contributed by atoms with Crippen molar-refractivity contribution in [2.45, 2.75) is 32.7 Å². The smallest absolute Gasteiger partial charge is 0.253 e. The van der Waals surface area contributed by atoms with Crippen LogP contribution >= 0.6 is 0 Å². The van der Waals surface area contributed by atoms with Crippen LogP contribution < -0.4 is 11.2 Å². The highest BCUT2D eigenvalue weighted by atomic mass is 16.1. The number of rotatable bonds is 5. The summed E-state index contributed by atoms with van der Waals surface area (Å²) in [6.07, 6.45) is 4.94. The minimum Gasteiger partial charge on any atom is -0.349 e. The third kappa shape index (κ3) is 2.86. The second-order valence-corrected chi connectivity index (χ2v) is 6.33. The molecular formula is C18H20N8O. The van der Waals surface area contributed by atoms with Crippen molar-refractivity contribution in [2.75, 3.05) is 5.84 Å². The van der Waals surface area contributed by atoms with Crippen LogP contribution in [-0.4, -0.2) is 41.8 Å². The molecule has 0 aliphatic carbocycles. The molecule has 4 aromatic heterocycles. The Morgan fingerprint density at radius 3 is 2.89 bits per heavy atom. The predicted octanol–water partition coefficient (Wildman–Crippen LogP) is 2.00. The van der Waals surface area contributed by atoms with E-state index < -0.39 is 0 Å². The summed E-state index contributed by atoms with van der Waals surface area (Å²) in [4.78, 5) is 25.6. The number of aromatic nitrogens is 6. The number of nitrogen functional groups attached to an aromatic ring is 1. The van der Waals surface area contributed by atoms with Crippen molar-refractivity contribution in [3.8, 4) is 11.5 Å². The van der Waals surface area contributed by atoms with E-state index in [2.05, 4.69) is 30.5 Å². The summed E-state index contributed by atoms with van der Waals surface area (Å²) in [6, 6.07) is 5.52. The monoisotopic (exact) mass is 364 g/mol. The summed E-state index contributed by atoms with van der Waals surface area (Å²) in [5, 5.41) is 10.9. The summed E-state index contributed by atoms with van der Waals surface area (Å²) in [7, 11) is 0. The Bertz CT molecular complexity index is 1130. The molecule has 4 aromatic rings. The summed E-state index contributed by atoms with van der Waals surface area (Å²) in [5.41, 5.74) is 2.77. The quantitative estimate of drug-likeness (QED) is 0.465. The van der Waals surface area contributed by atoms with E-state index in [1.807, 2.05) is 19.9 Å². The van der Waals surface area contributed by atoms with Crippen molar-refractivity contribution in [1.29, 1.82) is 0 Å². The highest BCUT2D eigenvalue weighted by Crippen LogP contribution is 2.26. The normalized spacial score (nSPS) is 11.5. The first kappa shape index (κ1) is 17.0. The minimum absolute atomic E-state index is 0.135. The molecule has 27 heavy (non-hydrogen) atoms. The topological polar surface area (TPSA) is 127 Å². The molecule has 0 bridgehead atoms. The summed E-state index contributed by atoms with van der Waals surface area (Å²) < 4.78 is 1.39. The van der Waals surface area contributed by atoms with E-state index in [-0.39, 0.29) is 11.9 Å². The highest BCUT2D eigenvalue weighted by molar-refractivity contribution is 6.00. The van der Waals surface area contributed by atoms with Crippen LogP contribution in [0.25, 0.3) is 33.7 Å². The Morgan fingerprint density at radius 1 is 1.33 bits per heavy atom. The SMILES string of the molecule is CCC(CC)NC(=O)c1cnc2[nH]nc(-c3nc4cccnc4n3N)c2c1. The maximum Gasteiger partial charge on any atom is 0.253 e. The molecule has 0 aromatic carbocycles. The molecular weight excluding hydrogens is 344 g/mol. The van der Waals surface area contributed by atoms with Gasteiger partial charge in [0.2, 0.25) is 0 Å². The van der Waals surface area contributed by atoms with E-state index in [0.717, 1.165) is 12.8 Å². The first-order valence-corrected chi connectivity index (χ1v) is 8.86. The van der Waals surface area contributed by atoms with Crippen LogP contribution in [0.1, 0.15) is 37.0 Å². The standard InChI is InChI=1S/C18H20N8O/c1-3-11(4-2)22-18(27)10-8-12-14(24-25-15(12)21-9-10)17-23-13-6-5-7-20-16(13)26(17)19/h5-9,11H,3-4,19H2,1-2H3,(H,22,27)(H,21,24,25). The van der Waals surface area contributed by atoms with Gasteiger partial charge in [-0.1, -0.05) is 13.8 Å². The van der Waals surface area contributed by atoms with Crippen molar-refractivity contribution >= 4 is 28.1 Å². The van der Waals surface area contributed by atoms with Gasteiger partial charge in [0.05, 0.1) is 10.9 Å². The van der Waals surface area contributed by atoms with Crippen LogP contribution in [0.2, 0.25) is 0 Å². The van der Waals surface area contributed by atoms with E-state index in [9.17, 15) is 4.79 Å². The van der Waals surface area contributed by atoms with Gasteiger partial charge in [0.1, 0.15) is 11.2 Å². The molecule has 9 heteroatoms. The Labute approximate surface area is 155 Å². The zero-order valence-corrected chi connectivity index (χ0v) is 15.1. The van der Waals surface area contributed by atoms with E-state index in [0.29, 0.717) is 39.3 Å². The molecule has 4 N–H and O–H groups in total. The van der Waals surface area contributed by atoms with Gasteiger partial charge in [0, 0.05) is 18.4 Å². The Kier molecular flexibility index (Phi) is 4.19.